The maximum Gasteiger partial charge on any atom is 0.169 e. The average Bonchev–Trinajstić information content (AvgIpc) is 2.78. The monoisotopic (exact) mass is 289 g/mol. The molecule has 94 valence electrons. The highest BCUT2D eigenvalue weighted by molar-refractivity contribution is 7.99. The molecular formula is C13H8ClN3OS. The zero-order valence-corrected chi connectivity index (χ0v) is 11.2. The Hall–Kier alpha value is -1.85. The third-order valence-electron chi connectivity index (χ3n) is 2.55. The van der Waals surface area contributed by atoms with Gasteiger partial charge in [0.05, 0.1) is 5.02 Å². The van der Waals surface area contributed by atoms with Gasteiger partial charge in [-0.15, -0.1) is 0 Å². The van der Waals surface area contributed by atoms with E-state index < -0.39 is 0 Å². The Balaban J connectivity index is 2.05. The molecule has 0 amide bonds. The van der Waals surface area contributed by atoms with E-state index in [1.165, 1.54) is 11.8 Å². The van der Waals surface area contributed by atoms with Crippen molar-refractivity contribution in [3.8, 4) is 0 Å². The van der Waals surface area contributed by atoms with Gasteiger partial charge in [0.1, 0.15) is 21.4 Å². The predicted octanol–water partition coefficient (Wildman–Crippen LogP) is 3.35. The number of hydrogen-bond donors (Lipinski definition) is 0. The molecule has 0 spiro atoms. The van der Waals surface area contributed by atoms with Crippen LogP contribution in [0.2, 0.25) is 5.02 Å². The molecule has 3 rings (SSSR count). The number of halogens is 1. The van der Waals surface area contributed by atoms with Gasteiger partial charge in [-0.3, -0.25) is 9.20 Å². The van der Waals surface area contributed by atoms with Crippen LogP contribution < -0.4 is 0 Å². The molecule has 0 unspecified atom stereocenters. The van der Waals surface area contributed by atoms with E-state index in [1.54, 1.807) is 22.7 Å². The number of rotatable bonds is 3. The van der Waals surface area contributed by atoms with Gasteiger partial charge in [0.15, 0.2) is 6.29 Å². The van der Waals surface area contributed by atoms with E-state index >= 15 is 0 Å². The number of imidazole rings is 1. The van der Waals surface area contributed by atoms with Crippen LogP contribution in [0.15, 0.2) is 52.8 Å². The van der Waals surface area contributed by atoms with Crippen molar-refractivity contribution in [3.05, 3.63) is 53.4 Å². The summed E-state index contributed by atoms with van der Waals surface area (Å²) >= 11 is 7.13. The van der Waals surface area contributed by atoms with Crippen molar-refractivity contribution in [3.63, 3.8) is 0 Å². The molecule has 0 radical (unpaired) electrons. The van der Waals surface area contributed by atoms with E-state index in [1.807, 2.05) is 24.4 Å². The predicted molar refractivity (Wildman–Crippen MR) is 73.9 cm³/mol. The Kier molecular flexibility index (Phi) is 3.23. The Morgan fingerprint density at radius 3 is 2.89 bits per heavy atom. The molecule has 6 heteroatoms. The van der Waals surface area contributed by atoms with Crippen LogP contribution in [0.25, 0.3) is 5.65 Å². The second-order valence-corrected chi connectivity index (χ2v) is 5.21. The van der Waals surface area contributed by atoms with Crippen molar-refractivity contribution in [2.45, 2.75) is 10.1 Å². The fourth-order valence-corrected chi connectivity index (χ4v) is 2.64. The number of carbonyl (C=O) groups excluding carboxylic acids is 1. The molecule has 0 aromatic carbocycles. The van der Waals surface area contributed by atoms with Crippen LogP contribution >= 0.6 is 23.4 Å². The summed E-state index contributed by atoms with van der Waals surface area (Å²) in [4.78, 5) is 19.8. The Morgan fingerprint density at radius 2 is 2.16 bits per heavy atom. The second kappa shape index (κ2) is 5.03. The average molecular weight is 290 g/mol. The highest BCUT2D eigenvalue weighted by Crippen LogP contribution is 2.28. The largest absolute Gasteiger partial charge is 0.296 e. The second-order valence-electron chi connectivity index (χ2n) is 3.77. The lowest BCUT2D eigenvalue weighted by Crippen LogP contribution is -1.90. The quantitative estimate of drug-likeness (QED) is 0.694. The van der Waals surface area contributed by atoms with Gasteiger partial charge >= 0.3 is 0 Å². The number of hydrogen-bond acceptors (Lipinski definition) is 4. The molecule has 0 aliphatic heterocycles. The molecule has 3 aromatic rings. The van der Waals surface area contributed by atoms with Crippen molar-refractivity contribution in [2.24, 2.45) is 0 Å². The summed E-state index contributed by atoms with van der Waals surface area (Å²) in [6, 6.07) is 9.15. The maximum atomic E-state index is 11.2. The topological polar surface area (TPSA) is 47.3 Å². The van der Waals surface area contributed by atoms with Crippen LogP contribution in [-0.2, 0) is 0 Å². The molecule has 0 saturated heterocycles. The van der Waals surface area contributed by atoms with E-state index in [9.17, 15) is 4.79 Å². The lowest BCUT2D eigenvalue weighted by atomic mass is 10.4. The van der Waals surface area contributed by atoms with Crippen LogP contribution in [0.5, 0.6) is 0 Å². The summed E-state index contributed by atoms with van der Waals surface area (Å²) < 4.78 is 1.76. The third kappa shape index (κ3) is 2.34. The molecule has 3 aromatic heterocycles. The normalized spacial score (nSPS) is 10.8. The first-order chi connectivity index (χ1) is 9.28. The van der Waals surface area contributed by atoms with Gasteiger partial charge in [0.25, 0.3) is 0 Å². The Morgan fingerprint density at radius 1 is 1.26 bits per heavy atom. The van der Waals surface area contributed by atoms with E-state index in [4.69, 9.17) is 11.6 Å². The van der Waals surface area contributed by atoms with E-state index in [0.717, 1.165) is 17.0 Å². The lowest BCUT2D eigenvalue weighted by molar-refractivity contribution is 0.111. The van der Waals surface area contributed by atoms with Gasteiger partial charge in [0, 0.05) is 12.4 Å². The molecule has 0 bridgehead atoms. The summed E-state index contributed by atoms with van der Waals surface area (Å²) in [5.41, 5.74) is 1.26. The van der Waals surface area contributed by atoms with Crippen LogP contribution in [0, 0.1) is 0 Å². The molecule has 0 N–H and O–H groups in total. The molecule has 19 heavy (non-hydrogen) atoms. The summed E-state index contributed by atoms with van der Waals surface area (Å²) in [7, 11) is 0. The fraction of sp³-hybridized carbons (Fsp3) is 0. The van der Waals surface area contributed by atoms with Crippen molar-refractivity contribution >= 4 is 35.3 Å². The highest BCUT2D eigenvalue weighted by Gasteiger charge is 2.12. The molecule has 0 saturated carbocycles. The first-order valence-electron chi connectivity index (χ1n) is 5.49. The maximum absolute atomic E-state index is 11.2. The van der Waals surface area contributed by atoms with Gasteiger partial charge in [-0.1, -0.05) is 17.7 Å². The first-order valence-corrected chi connectivity index (χ1v) is 6.69. The Labute approximate surface area is 118 Å². The van der Waals surface area contributed by atoms with Gasteiger partial charge in [0.2, 0.25) is 0 Å². The smallest absolute Gasteiger partial charge is 0.169 e. The first kappa shape index (κ1) is 12.2. The summed E-state index contributed by atoms with van der Waals surface area (Å²) in [6.07, 6.45) is 4.18. The summed E-state index contributed by atoms with van der Waals surface area (Å²) in [6.45, 7) is 0. The van der Waals surface area contributed by atoms with Crippen molar-refractivity contribution in [2.75, 3.05) is 0 Å². The van der Waals surface area contributed by atoms with Crippen LogP contribution in [0.3, 0.4) is 0 Å². The van der Waals surface area contributed by atoms with Crippen LogP contribution in [0.1, 0.15) is 10.5 Å². The summed E-state index contributed by atoms with van der Waals surface area (Å²) in [5, 5.41) is 1.96. The van der Waals surface area contributed by atoms with Crippen molar-refractivity contribution in [1.82, 2.24) is 14.4 Å². The molecule has 3 heterocycles. The molecular weight excluding hydrogens is 282 g/mol. The number of pyridine rings is 2. The van der Waals surface area contributed by atoms with Crippen LogP contribution in [-0.4, -0.2) is 20.7 Å². The van der Waals surface area contributed by atoms with Gasteiger partial charge < -0.3 is 0 Å². The minimum atomic E-state index is 0.525. The molecule has 4 nitrogen and oxygen atoms in total. The Bertz CT molecular complexity index is 739. The SMILES string of the molecule is O=Cc1c(Sc2ccc(Cl)cn2)nc2ccccn12. The zero-order chi connectivity index (χ0) is 13.2. The summed E-state index contributed by atoms with van der Waals surface area (Å²) in [5.74, 6) is 0. The standard InChI is InChI=1S/C13H8ClN3OS/c14-9-4-5-12(15-7-9)19-13-10(8-18)17-6-2-1-3-11(17)16-13/h1-8H. The van der Waals surface area contributed by atoms with Gasteiger partial charge in [-0.2, -0.15) is 0 Å². The zero-order valence-electron chi connectivity index (χ0n) is 9.65. The minimum Gasteiger partial charge on any atom is -0.296 e. The van der Waals surface area contributed by atoms with Crippen LogP contribution in [0.4, 0.5) is 0 Å². The van der Waals surface area contributed by atoms with Gasteiger partial charge in [-0.25, -0.2) is 9.97 Å². The third-order valence-corrected chi connectivity index (χ3v) is 3.71. The van der Waals surface area contributed by atoms with E-state index in [0.29, 0.717) is 15.7 Å². The number of aldehydes is 1. The van der Waals surface area contributed by atoms with Crippen molar-refractivity contribution in [1.29, 1.82) is 0 Å². The number of carbonyl (C=O) groups is 1. The lowest BCUT2D eigenvalue weighted by Gasteiger charge is -1.98. The van der Waals surface area contributed by atoms with Gasteiger partial charge in [-0.05, 0) is 36.0 Å². The molecule has 0 aliphatic carbocycles. The minimum absolute atomic E-state index is 0.525. The molecule has 0 aliphatic rings. The number of aromatic nitrogens is 3. The highest BCUT2D eigenvalue weighted by atomic mass is 35.5. The molecule has 0 fully saturated rings. The van der Waals surface area contributed by atoms with Crippen molar-refractivity contribution < 1.29 is 4.79 Å². The van der Waals surface area contributed by atoms with E-state index in [2.05, 4.69) is 9.97 Å². The number of fused-ring (bicyclic) bond motifs is 1. The molecule has 0 atom stereocenters. The number of nitrogens with zero attached hydrogens (tertiary/aromatic N) is 3. The fourth-order valence-electron chi connectivity index (χ4n) is 1.70. The van der Waals surface area contributed by atoms with E-state index in [-0.39, 0.29) is 0 Å².